The summed E-state index contributed by atoms with van der Waals surface area (Å²) in [7, 11) is 1.16. The number of carboxylic acid groups (broad SMARTS) is 1. The van der Waals surface area contributed by atoms with Crippen LogP contribution in [0.1, 0.15) is 82.6 Å². The fourth-order valence-corrected chi connectivity index (χ4v) is 4.44. The molecule has 0 radical (unpaired) electrons. The third-order valence-corrected chi connectivity index (χ3v) is 6.32. The summed E-state index contributed by atoms with van der Waals surface area (Å²) in [5.41, 5.74) is 0.799. The molecular weight excluding hydrogens is 436 g/mol. The van der Waals surface area contributed by atoms with Crippen LogP contribution in [-0.2, 0) is 25.7 Å². The number of hydrogen-bond acceptors (Lipinski definition) is 6. The molecule has 0 unspecified atom stereocenters. The van der Waals surface area contributed by atoms with E-state index < -0.39 is 24.1 Å². The van der Waals surface area contributed by atoms with Gasteiger partial charge < -0.3 is 25.2 Å². The molecule has 0 heterocycles. The van der Waals surface area contributed by atoms with E-state index in [1.54, 1.807) is 24.3 Å². The Hall–Kier alpha value is -2.61. The highest BCUT2D eigenvalue weighted by atomic mass is 16.6. The first-order valence-electron chi connectivity index (χ1n) is 12.5. The Morgan fingerprint density at radius 3 is 2.00 bits per heavy atom. The van der Waals surface area contributed by atoms with E-state index in [0.29, 0.717) is 0 Å². The number of rotatable bonds is 9. The van der Waals surface area contributed by atoms with Gasteiger partial charge >= 0.3 is 18.0 Å². The number of ether oxygens (including phenoxy) is 2. The Bertz CT molecular complexity index is 714. The van der Waals surface area contributed by atoms with Gasteiger partial charge in [0.05, 0.1) is 7.11 Å². The van der Waals surface area contributed by atoms with Gasteiger partial charge in [0.15, 0.2) is 0 Å². The highest BCUT2D eigenvalue weighted by molar-refractivity contribution is 5.81. The van der Waals surface area contributed by atoms with Gasteiger partial charge in [0.2, 0.25) is 0 Å². The maximum atomic E-state index is 11.6. The van der Waals surface area contributed by atoms with Crippen LogP contribution in [0.5, 0.6) is 0 Å². The van der Waals surface area contributed by atoms with E-state index in [0.717, 1.165) is 24.8 Å². The van der Waals surface area contributed by atoms with Gasteiger partial charge in [-0.2, -0.15) is 0 Å². The van der Waals surface area contributed by atoms with E-state index in [1.807, 2.05) is 6.07 Å². The molecule has 0 aliphatic heterocycles. The monoisotopic (exact) mass is 476 g/mol. The molecule has 1 aromatic carbocycles. The molecule has 1 aromatic rings. The minimum atomic E-state index is -1.07. The first-order chi connectivity index (χ1) is 16.5. The number of methoxy groups -OCH3 is 1. The van der Waals surface area contributed by atoms with E-state index in [1.165, 1.54) is 64.2 Å². The van der Waals surface area contributed by atoms with Gasteiger partial charge in [-0.3, -0.25) is 4.79 Å². The fraction of sp³-hybridized carbons (Fsp3) is 0.654. The van der Waals surface area contributed by atoms with Crippen molar-refractivity contribution in [2.75, 3.05) is 7.11 Å². The number of carbonyl (C=O) groups is 3. The van der Waals surface area contributed by atoms with Crippen molar-refractivity contribution in [1.82, 2.24) is 10.6 Å². The molecule has 1 amide bonds. The molecule has 3 rings (SSSR count). The van der Waals surface area contributed by atoms with Crippen molar-refractivity contribution >= 4 is 18.0 Å². The second-order valence-electron chi connectivity index (χ2n) is 9.05. The van der Waals surface area contributed by atoms with Crippen LogP contribution in [0.25, 0.3) is 0 Å². The summed E-state index contributed by atoms with van der Waals surface area (Å²) >= 11 is 0. The van der Waals surface area contributed by atoms with Crippen molar-refractivity contribution in [1.29, 1.82) is 0 Å². The van der Waals surface area contributed by atoms with Gasteiger partial charge in [-0.15, -0.1) is 0 Å². The quantitative estimate of drug-likeness (QED) is 0.448. The average molecular weight is 477 g/mol. The molecule has 0 bridgehead atoms. The summed E-state index contributed by atoms with van der Waals surface area (Å²) in [5.74, 6) is -1.78. The highest BCUT2D eigenvalue weighted by Gasteiger charge is 2.23. The molecule has 3 N–H and O–H groups in total. The van der Waals surface area contributed by atoms with E-state index in [4.69, 9.17) is 9.84 Å². The lowest BCUT2D eigenvalue weighted by molar-refractivity contribution is -0.143. The normalized spacial score (nSPS) is 17.6. The van der Waals surface area contributed by atoms with Gasteiger partial charge in [0.25, 0.3) is 0 Å². The molecule has 2 aliphatic carbocycles. The van der Waals surface area contributed by atoms with Crippen molar-refractivity contribution in [3.05, 3.63) is 35.9 Å². The summed E-state index contributed by atoms with van der Waals surface area (Å²) < 4.78 is 9.46. The molecule has 2 fully saturated rings. The van der Waals surface area contributed by atoms with Gasteiger partial charge in [-0.1, -0.05) is 68.9 Å². The number of nitrogens with one attached hydrogen (secondary N) is 2. The molecule has 0 aromatic heterocycles. The zero-order valence-electron chi connectivity index (χ0n) is 20.3. The third kappa shape index (κ3) is 11.5. The number of alkyl carbamates (subject to hydrolysis) is 1. The van der Waals surface area contributed by atoms with E-state index in [2.05, 4.69) is 15.4 Å². The van der Waals surface area contributed by atoms with Crippen LogP contribution < -0.4 is 10.6 Å². The lowest BCUT2D eigenvalue weighted by Gasteiger charge is -2.30. The van der Waals surface area contributed by atoms with Gasteiger partial charge in [0.1, 0.15) is 12.6 Å². The van der Waals surface area contributed by atoms with Crippen LogP contribution in [0.3, 0.4) is 0 Å². The second-order valence-corrected chi connectivity index (χ2v) is 9.05. The molecule has 0 spiro atoms. The van der Waals surface area contributed by atoms with Crippen LogP contribution in [0.15, 0.2) is 30.3 Å². The number of amides is 1. The topological polar surface area (TPSA) is 114 Å². The summed E-state index contributed by atoms with van der Waals surface area (Å²) in [6, 6.07) is 9.72. The van der Waals surface area contributed by atoms with Crippen LogP contribution in [0, 0.1) is 0 Å². The van der Waals surface area contributed by atoms with Crippen LogP contribution >= 0.6 is 0 Å². The summed E-state index contributed by atoms with van der Waals surface area (Å²) in [6.45, 7) is 0.0551. The molecule has 1 atom stereocenters. The molecule has 0 saturated heterocycles. The second kappa shape index (κ2) is 16.1. The SMILES string of the molecule is C1CCC(NC2CCCCC2)CC1.COC(=O)[C@H](CCC(=O)O)NC(=O)OCc1ccccc1. The average Bonchev–Trinajstić information content (AvgIpc) is 2.87. The van der Waals surface area contributed by atoms with Crippen molar-refractivity contribution in [3.8, 4) is 0 Å². The highest BCUT2D eigenvalue weighted by Crippen LogP contribution is 2.22. The number of carboxylic acids is 1. The van der Waals surface area contributed by atoms with Gasteiger partial charge in [0, 0.05) is 18.5 Å². The molecule has 34 heavy (non-hydrogen) atoms. The zero-order valence-corrected chi connectivity index (χ0v) is 20.3. The van der Waals surface area contributed by atoms with Crippen molar-refractivity contribution in [2.45, 2.75) is 102 Å². The smallest absolute Gasteiger partial charge is 0.408 e. The zero-order chi connectivity index (χ0) is 24.6. The Morgan fingerprint density at radius 2 is 1.50 bits per heavy atom. The maximum Gasteiger partial charge on any atom is 0.408 e. The summed E-state index contributed by atoms with van der Waals surface area (Å²) in [5, 5.41) is 14.8. The predicted molar refractivity (Wildman–Crippen MR) is 129 cm³/mol. The van der Waals surface area contributed by atoms with Crippen LogP contribution in [-0.4, -0.2) is 48.4 Å². The van der Waals surface area contributed by atoms with E-state index in [-0.39, 0.29) is 19.4 Å². The Balaban J connectivity index is 0.000000266. The number of esters is 1. The van der Waals surface area contributed by atoms with Crippen molar-refractivity contribution in [2.24, 2.45) is 0 Å². The molecule has 8 heteroatoms. The third-order valence-electron chi connectivity index (χ3n) is 6.32. The van der Waals surface area contributed by atoms with Crippen molar-refractivity contribution in [3.63, 3.8) is 0 Å². The lowest BCUT2D eigenvalue weighted by Crippen LogP contribution is -2.42. The minimum absolute atomic E-state index is 0.0551. The predicted octanol–water partition coefficient (Wildman–Crippen LogP) is 4.56. The minimum Gasteiger partial charge on any atom is -0.481 e. The Morgan fingerprint density at radius 1 is 0.941 bits per heavy atom. The first-order valence-corrected chi connectivity index (χ1v) is 12.5. The van der Waals surface area contributed by atoms with Crippen molar-refractivity contribution < 1.29 is 29.0 Å². The molecule has 8 nitrogen and oxygen atoms in total. The van der Waals surface area contributed by atoms with Gasteiger partial charge in [-0.05, 0) is 37.7 Å². The maximum absolute atomic E-state index is 11.6. The number of carbonyl (C=O) groups excluding carboxylic acids is 2. The lowest BCUT2D eigenvalue weighted by atomic mass is 9.91. The number of aliphatic carboxylic acids is 1. The summed E-state index contributed by atoms with van der Waals surface area (Å²) in [4.78, 5) is 33.6. The molecule has 2 saturated carbocycles. The van der Waals surface area contributed by atoms with E-state index in [9.17, 15) is 14.4 Å². The summed E-state index contributed by atoms with van der Waals surface area (Å²) in [6.07, 6.45) is 13.4. The molecule has 2 aliphatic rings. The van der Waals surface area contributed by atoms with Crippen LogP contribution in [0.4, 0.5) is 4.79 Å². The Labute approximate surface area is 202 Å². The number of benzene rings is 1. The fourth-order valence-electron chi connectivity index (χ4n) is 4.44. The standard InChI is InChI=1S/C14H17NO6.C12H23N/c1-20-13(18)11(7-8-12(16)17)15-14(19)21-9-10-5-3-2-4-6-10;1-3-7-11(8-4-1)13-12-9-5-2-6-10-12/h2-6,11H,7-9H2,1H3,(H,15,19)(H,16,17);11-13H,1-10H2/t11-;/m0./s1. The Kier molecular flexibility index (Phi) is 13.1. The number of hydrogen-bond donors (Lipinski definition) is 3. The van der Waals surface area contributed by atoms with E-state index >= 15 is 0 Å². The largest absolute Gasteiger partial charge is 0.481 e. The van der Waals surface area contributed by atoms with Gasteiger partial charge in [-0.25, -0.2) is 9.59 Å². The molecule has 190 valence electrons. The molecular formula is C26H40N2O6. The first kappa shape index (κ1) is 27.6. The van der Waals surface area contributed by atoms with Crippen LogP contribution in [0.2, 0.25) is 0 Å².